The Labute approximate surface area is 260 Å². The van der Waals surface area contributed by atoms with Gasteiger partial charge in [0.25, 0.3) is 0 Å². The Bertz CT molecular complexity index is 975. The second-order valence-corrected chi connectivity index (χ2v) is 7.77. The van der Waals surface area contributed by atoms with Crippen molar-refractivity contribution < 1.29 is 44.5 Å². The molecule has 2 heterocycles. The quantitative estimate of drug-likeness (QED) is 0.303. The van der Waals surface area contributed by atoms with Gasteiger partial charge in [0.15, 0.2) is 12.6 Å². The third-order valence-electron chi connectivity index (χ3n) is 4.86. The Balaban J connectivity index is -0.000000188. The summed E-state index contributed by atoms with van der Waals surface area (Å²) in [4.78, 5) is 0. The molecular weight excluding hydrogens is 552 g/mol. The third kappa shape index (κ3) is 23.8. The van der Waals surface area contributed by atoms with Crippen molar-refractivity contribution in [2.24, 2.45) is 5.92 Å². The maximum absolute atomic E-state index is 10.0. The van der Waals surface area contributed by atoms with Gasteiger partial charge in [-0.15, -0.1) is 49.4 Å². The van der Waals surface area contributed by atoms with Crippen LogP contribution in [0.3, 0.4) is 0 Å². The summed E-state index contributed by atoms with van der Waals surface area (Å²) in [7, 11) is 1.33. The first-order valence-electron chi connectivity index (χ1n) is 12.6. The monoisotopic (exact) mass is 602 g/mol. The van der Waals surface area contributed by atoms with Gasteiger partial charge in [0.05, 0.1) is 25.4 Å². The lowest BCUT2D eigenvalue weighted by molar-refractivity contribution is -0.336. The number of aliphatic hydroxyl groups is 5. The van der Waals surface area contributed by atoms with Crippen molar-refractivity contribution in [1.82, 2.24) is 0 Å². The normalized spacial score (nSPS) is 27.0. The highest BCUT2D eigenvalue weighted by atomic mass is 16.7. The van der Waals surface area contributed by atoms with Crippen molar-refractivity contribution >= 4 is 0 Å². The van der Waals surface area contributed by atoms with Crippen molar-refractivity contribution in [3.05, 3.63) is 0 Å². The van der Waals surface area contributed by atoms with Crippen molar-refractivity contribution in [1.29, 1.82) is 0 Å². The Kier molecular flexibility index (Phi) is 39.8. The van der Waals surface area contributed by atoms with E-state index >= 15 is 0 Å². The summed E-state index contributed by atoms with van der Waals surface area (Å²) in [5.74, 6) is 23.5. The molecular formula is C34H50O9. The fourth-order valence-electron chi connectivity index (χ4n) is 2.80. The smallest absolute Gasteiger partial charge is 0.186 e. The fraction of sp³-hybridized carbons (Fsp3) is 0.588. The zero-order valence-corrected chi connectivity index (χ0v) is 25.8. The highest BCUT2D eigenvalue weighted by Gasteiger charge is 2.46. The summed E-state index contributed by atoms with van der Waals surface area (Å²) in [5.41, 5.74) is 0. The van der Waals surface area contributed by atoms with E-state index in [9.17, 15) is 25.5 Å². The van der Waals surface area contributed by atoms with Gasteiger partial charge in [0.1, 0.15) is 24.4 Å². The van der Waals surface area contributed by atoms with Crippen LogP contribution in [-0.4, -0.2) is 95.1 Å². The van der Waals surface area contributed by atoms with E-state index in [0.29, 0.717) is 0 Å². The first kappa shape index (κ1) is 49.2. The molecule has 0 bridgehead atoms. The van der Waals surface area contributed by atoms with Crippen molar-refractivity contribution in [2.45, 2.75) is 105 Å². The summed E-state index contributed by atoms with van der Waals surface area (Å²) >= 11 is 0. The van der Waals surface area contributed by atoms with E-state index in [4.69, 9.17) is 31.8 Å². The van der Waals surface area contributed by atoms with E-state index in [1.165, 1.54) is 7.11 Å². The van der Waals surface area contributed by atoms with Crippen LogP contribution in [0, 0.1) is 90.8 Å². The minimum absolute atomic E-state index is 0. The standard InChI is InChI=1S/C13H24O9.2C5H4.C4H6.2C3H4.CH4/c1-5-6(3-14)21-13(10(17)8(5)15)22-7-4-20-12(19-2)11(18)9(7)16;2*1-3-5-4-2;1-3-4-2;2*1-3-2;/h5-18H,3-4H2,1-2H3;2*1H,2H3;1-2H3;2*1H,2H3;1H4/t5-,6?,7-,8+,9?,10?,11?,12-,13?;;;;;;/m1....../s1. The first-order valence-corrected chi connectivity index (χ1v) is 12.6. The van der Waals surface area contributed by atoms with E-state index in [-0.39, 0.29) is 20.6 Å². The van der Waals surface area contributed by atoms with Crippen molar-refractivity contribution in [2.75, 3.05) is 20.3 Å². The third-order valence-corrected chi connectivity index (χ3v) is 4.86. The number of terminal acetylenes is 4. The van der Waals surface area contributed by atoms with E-state index in [0.717, 1.165) is 0 Å². The van der Waals surface area contributed by atoms with Crippen LogP contribution in [0.4, 0.5) is 0 Å². The molecule has 2 aliphatic rings. The molecule has 2 saturated heterocycles. The molecule has 5 unspecified atom stereocenters. The molecule has 5 N–H and O–H groups in total. The van der Waals surface area contributed by atoms with Crippen LogP contribution < -0.4 is 0 Å². The molecule has 0 spiro atoms. The van der Waals surface area contributed by atoms with Crippen LogP contribution in [0.25, 0.3) is 0 Å². The zero-order valence-electron chi connectivity index (χ0n) is 25.8. The maximum atomic E-state index is 10.0. The molecule has 0 aromatic carbocycles. The minimum atomic E-state index is -1.35. The average molecular weight is 603 g/mol. The summed E-state index contributed by atoms with van der Waals surface area (Å²) in [6.07, 6.45) is 9.61. The van der Waals surface area contributed by atoms with Gasteiger partial charge >= 0.3 is 0 Å². The molecule has 240 valence electrons. The molecule has 9 heteroatoms. The number of aliphatic hydroxyl groups excluding tert-OH is 5. The van der Waals surface area contributed by atoms with Crippen LogP contribution in [-0.2, 0) is 18.9 Å². The molecule has 2 rings (SSSR count). The second-order valence-electron chi connectivity index (χ2n) is 7.77. The summed E-state index contributed by atoms with van der Waals surface area (Å²) in [6, 6.07) is 0. The highest BCUT2D eigenvalue weighted by Crippen LogP contribution is 2.29. The van der Waals surface area contributed by atoms with Gasteiger partial charge in [-0.3, -0.25) is 0 Å². The Morgan fingerprint density at radius 1 is 0.721 bits per heavy atom. The van der Waals surface area contributed by atoms with Crippen molar-refractivity contribution in [3.8, 4) is 84.9 Å². The second kappa shape index (κ2) is 34.8. The average Bonchev–Trinajstić information content (AvgIpc) is 2.98. The van der Waals surface area contributed by atoms with Gasteiger partial charge < -0.3 is 44.5 Å². The van der Waals surface area contributed by atoms with E-state index in [1.807, 2.05) is 13.8 Å². The molecule has 2 fully saturated rings. The zero-order chi connectivity index (χ0) is 33.5. The Morgan fingerprint density at radius 2 is 1.14 bits per heavy atom. The minimum Gasteiger partial charge on any atom is -0.394 e. The number of methoxy groups -OCH3 is 1. The van der Waals surface area contributed by atoms with Gasteiger partial charge in [0, 0.05) is 13.0 Å². The Morgan fingerprint density at radius 3 is 1.44 bits per heavy atom. The van der Waals surface area contributed by atoms with Gasteiger partial charge in [-0.1, -0.05) is 26.2 Å². The summed E-state index contributed by atoms with van der Waals surface area (Å²) < 4.78 is 20.9. The maximum Gasteiger partial charge on any atom is 0.186 e. The van der Waals surface area contributed by atoms with Gasteiger partial charge in [-0.05, 0) is 65.2 Å². The highest BCUT2D eigenvalue weighted by molar-refractivity contribution is 5.20. The molecule has 0 saturated carbocycles. The van der Waals surface area contributed by atoms with Crippen molar-refractivity contribution in [3.63, 3.8) is 0 Å². The largest absolute Gasteiger partial charge is 0.394 e. The molecule has 2 aliphatic heterocycles. The van der Waals surface area contributed by atoms with Crippen LogP contribution in [0.15, 0.2) is 0 Å². The molecule has 0 amide bonds. The Hall–Kier alpha value is -3.44. The van der Waals surface area contributed by atoms with E-state index in [2.05, 4.69) is 72.1 Å². The van der Waals surface area contributed by atoms with Crippen LogP contribution in [0.1, 0.15) is 55.9 Å². The summed E-state index contributed by atoms with van der Waals surface area (Å²) in [5, 5.41) is 49.1. The van der Waals surface area contributed by atoms with Crippen LogP contribution >= 0.6 is 0 Å². The predicted octanol–water partition coefficient (Wildman–Crippen LogP) is 1.40. The lowest BCUT2D eigenvalue weighted by atomic mass is 9.91. The van der Waals surface area contributed by atoms with E-state index in [1.54, 1.807) is 34.6 Å². The molecule has 0 radical (unpaired) electrons. The number of rotatable bonds is 4. The molecule has 9 nitrogen and oxygen atoms in total. The molecule has 43 heavy (non-hydrogen) atoms. The lowest BCUT2D eigenvalue weighted by Gasteiger charge is -2.44. The van der Waals surface area contributed by atoms with Crippen LogP contribution in [0.5, 0.6) is 0 Å². The molecule has 0 aromatic heterocycles. The molecule has 0 aromatic rings. The first-order chi connectivity index (χ1) is 20.0. The van der Waals surface area contributed by atoms with Gasteiger partial charge in [-0.2, -0.15) is 0 Å². The van der Waals surface area contributed by atoms with Gasteiger partial charge in [0.2, 0.25) is 0 Å². The van der Waals surface area contributed by atoms with Crippen LogP contribution in [0.2, 0.25) is 0 Å². The number of hydrogen-bond donors (Lipinski definition) is 5. The summed E-state index contributed by atoms with van der Waals surface area (Å²) in [6.45, 7) is 11.6. The SMILES string of the molecule is C.C#CC.C#CC.C#CC#CC.C#CC#CC.CC#CC.CO[C@@H]1OC[C@@H](OC2OC(CO)[C@@H](C)[C@H](O)C2O)C(O)C1O. The predicted molar refractivity (Wildman–Crippen MR) is 170 cm³/mol. The number of ether oxygens (including phenoxy) is 4. The fourth-order valence-corrected chi connectivity index (χ4v) is 2.80. The molecule has 9 atom stereocenters. The van der Waals surface area contributed by atoms with E-state index < -0.39 is 55.1 Å². The lowest BCUT2D eigenvalue weighted by Crippen LogP contribution is -2.60. The topological polar surface area (TPSA) is 138 Å². The number of hydrogen-bond acceptors (Lipinski definition) is 9. The van der Waals surface area contributed by atoms with Gasteiger partial charge in [-0.25, -0.2) is 0 Å². The molecule has 0 aliphatic carbocycles.